The van der Waals surface area contributed by atoms with E-state index in [1.54, 1.807) is 6.07 Å². The summed E-state index contributed by atoms with van der Waals surface area (Å²) in [6.45, 7) is 6.21. The number of carbonyl (C=O) groups excluding carboxylic acids is 1. The molecule has 1 aromatic heterocycles. The summed E-state index contributed by atoms with van der Waals surface area (Å²) in [5.74, 6) is 2.49. The second-order valence-corrected chi connectivity index (χ2v) is 6.56. The van der Waals surface area contributed by atoms with Gasteiger partial charge in [0.2, 0.25) is 5.91 Å². The molecule has 8 heteroatoms. The Hall–Kier alpha value is -3.29. The van der Waals surface area contributed by atoms with Crippen LogP contribution in [0.1, 0.15) is 25.5 Å². The summed E-state index contributed by atoms with van der Waals surface area (Å²) in [7, 11) is 0. The summed E-state index contributed by atoms with van der Waals surface area (Å²) in [6.07, 6.45) is 1.12. The lowest BCUT2D eigenvalue weighted by Gasteiger charge is -2.13. The van der Waals surface area contributed by atoms with Gasteiger partial charge in [0.05, 0.1) is 19.8 Å². The zero-order valence-electron chi connectivity index (χ0n) is 16.8. The minimum atomic E-state index is -0.127. The van der Waals surface area contributed by atoms with Gasteiger partial charge in [-0.25, -0.2) is 4.98 Å². The number of ether oxygens (including phenoxy) is 2. The van der Waals surface area contributed by atoms with Crippen molar-refractivity contribution in [3.63, 3.8) is 0 Å². The van der Waals surface area contributed by atoms with Crippen molar-refractivity contribution in [3.8, 4) is 11.5 Å². The Labute approximate surface area is 170 Å². The van der Waals surface area contributed by atoms with Crippen LogP contribution in [-0.4, -0.2) is 43.2 Å². The number of benzene rings is 1. The fraction of sp³-hybridized carbons (Fsp3) is 0.381. The maximum Gasteiger partial charge on any atom is 0.227 e. The third-order valence-electron chi connectivity index (χ3n) is 4.12. The minimum absolute atomic E-state index is 0.127. The van der Waals surface area contributed by atoms with Gasteiger partial charge in [0.1, 0.15) is 5.82 Å². The molecule has 1 aliphatic heterocycles. The molecule has 1 aliphatic rings. The van der Waals surface area contributed by atoms with Crippen molar-refractivity contribution in [1.29, 1.82) is 0 Å². The first-order valence-electron chi connectivity index (χ1n) is 9.82. The number of amides is 1. The Kier molecular flexibility index (Phi) is 7.27. The molecule has 0 radical (unpaired) electrons. The van der Waals surface area contributed by atoms with E-state index in [1.807, 2.05) is 44.2 Å². The zero-order chi connectivity index (χ0) is 20.5. The molecule has 3 N–H and O–H groups in total. The highest BCUT2D eigenvalue weighted by molar-refractivity contribution is 5.94. The smallest absolute Gasteiger partial charge is 0.227 e. The summed E-state index contributed by atoms with van der Waals surface area (Å²) in [5.41, 5.74) is 1.69. The Morgan fingerprint density at radius 2 is 1.97 bits per heavy atom. The van der Waals surface area contributed by atoms with Crippen LogP contribution in [-0.2, 0) is 4.79 Å². The van der Waals surface area contributed by atoms with Gasteiger partial charge in [0, 0.05) is 36.8 Å². The number of hydrogen-bond acceptors (Lipinski definition) is 5. The van der Waals surface area contributed by atoms with Crippen molar-refractivity contribution in [2.24, 2.45) is 4.99 Å². The number of rotatable bonds is 6. The van der Waals surface area contributed by atoms with Gasteiger partial charge in [-0.1, -0.05) is 6.07 Å². The van der Waals surface area contributed by atoms with E-state index in [2.05, 4.69) is 25.9 Å². The molecule has 0 atom stereocenters. The second kappa shape index (κ2) is 10.3. The Balaban J connectivity index is 1.57. The van der Waals surface area contributed by atoms with Crippen molar-refractivity contribution >= 4 is 23.4 Å². The summed E-state index contributed by atoms with van der Waals surface area (Å²) in [5, 5.41) is 9.21. The van der Waals surface area contributed by atoms with Gasteiger partial charge in [-0.2, -0.15) is 0 Å². The SMILES string of the molecule is CCNC(=NCCC(=O)Nc1cccc(C)n1)Nc1ccc2c(c1)OCCCO2. The Morgan fingerprint density at radius 1 is 1.14 bits per heavy atom. The number of aryl methyl sites for hydroxylation is 1. The number of nitrogens with one attached hydrogen (secondary N) is 3. The molecular weight excluding hydrogens is 370 g/mol. The average Bonchev–Trinajstić information content (AvgIpc) is 2.93. The minimum Gasteiger partial charge on any atom is -0.490 e. The van der Waals surface area contributed by atoms with E-state index in [4.69, 9.17) is 9.47 Å². The molecule has 29 heavy (non-hydrogen) atoms. The number of anilines is 2. The molecule has 0 saturated carbocycles. The summed E-state index contributed by atoms with van der Waals surface area (Å²) in [6, 6.07) is 11.2. The largest absolute Gasteiger partial charge is 0.490 e. The third kappa shape index (κ3) is 6.38. The predicted octanol–water partition coefficient (Wildman–Crippen LogP) is 2.96. The number of aliphatic imine (C=N–C) groups is 1. The molecule has 2 aromatic rings. The highest BCUT2D eigenvalue weighted by Gasteiger charge is 2.11. The first-order chi connectivity index (χ1) is 14.1. The van der Waals surface area contributed by atoms with Crippen LogP contribution in [0.2, 0.25) is 0 Å². The zero-order valence-corrected chi connectivity index (χ0v) is 16.8. The topological polar surface area (TPSA) is 96.9 Å². The molecule has 0 bridgehead atoms. The molecule has 1 amide bonds. The number of aromatic nitrogens is 1. The van der Waals surface area contributed by atoms with Crippen LogP contribution in [0.25, 0.3) is 0 Å². The molecule has 154 valence electrons. The van der Waals surface area contributed by atoms with E-state index < -0.39 is 0 Å². The maximum atomic E-state index is 12.1. The van der Waals surface area contributed by atoms with Crippen molar-refractivity contribution in [2.75, 3.05) is 36.9 Å². The van der Waals surface area contributed by atoms with Gasteiger partial charge in [0.15, 0.2) is 17.5 Å². The standard InChI is InChI=1S/C21H27N5O3/c1-3-22-21(23-11-10-20(27)26-19-7-4-6-15(2)24-19)25-16-8-9-17-18(14-16)29-13-5-12-28-17/h4,6-9,14H,3,5,10-13H2,1-2H3,(H2,22,23,25)(H,24,26,27). The van der Waals surface area contributed by atoms with Gasteiger partial charge in [-0.15, -0.1) is 0 Å². The second-order valence-electron chi connectivity index (χ2n) is 6.56. The van der Waals surface area contributed by atoms with Gasteiger partial charge >= 0.3 is 0 Å². The normalized spacial score (nSPS) is 13.4. The van der Waals surface area contributed by atoms with Crippen LogP contribution in [0.15, 0.2) is 41.4 Å². The molecule has 0 spiro atoms. The predicted molar refractivity (Wildman–Crippen MR) is 114 cm³/mol. The van der Waals surface area contributed by atoms with E-state index in [0.29, 0.717) is 43.8 Å². The number of nitrogens with zero attached hydrogens (tertiary/aromatic N) is 2. The highest BCUT2D eigenvalue weighted by atomic mass is 16.5. The fourth-order valence-corrected chi connectivity index (χ4v) is 2.77. The van der Waals surface area contributed by atoms with Crippen LogP contribution < -0.4 is 25.4 Å². The van der Waals surface area contributed by atoms with E-state index in [1.165, 1.54) is 0 Å². The number of hydrogen-bond donors (Lipinski definition) is 3. The van der Waals surface area contributed by atoms with Crippen molar-refractivity contribution in [3.05, 3.63) is 42.1 Å². The number of fused-ring (bicyclic) bond motifs is 1. The Bertz CT molecular complexity index is 869. The molecule has 0 saturated heterocycles. The molecule has 2 heterocycles. The number of carbonyl (C=O) groups is 1. The van der Waals surface area contributed by atoms with Crippen LogP contribution in [0.3, 0.4) is 0 Å². The molecule has 0 unspecified atom stereocenters. The molecule has 3 rings (SSSR count). The van der Waals surface area contributed by atoms with Gasteiger partial charge < -0.3 is 25.4 Å². The van der Waals surface area contributed by atoms with E-state index in [-0.39, 0.29) is 12.3 Å². The molecule has 8 nitrogen and oxygen atoms in total. The highest BCUT2D eigenvalue weighted by Crippen LogP contribution is 2.32. The van der Waals surface area contributed by atoms with Crippen LogP contribution in [0.4, 0.5) is 11.5 Å². The van der Waals surface area contributed by atoms with Gasteiger partial charge in [-0.3, -0.25) is 9.79 Å². The Morgan fingerprint density at radius 3 is 2.76 bits per heavy atom. The monoisotopic (exact) mass is 397 g/mol. The van der Waals surface area contributed by atoms with Crippen molar-refractivity contribution < 1.29 is 14.3 Å². The van der Waals surface area contributed by atoms with E-state index >= 15 is 0 Å². The first-order valence-corrected chi connectivity index (χ1v) is 9.82. The van der Waals surface area contributed by atoms with Gasteiger partial charge in [0.25, 0.3) is 0 Å². The van der Waals surface area contributed by atoms with Crippen LogP contribution in [0, 0.1) is 6.92 Å². The maximum absolute atomic E-state index is 12.1. The van der Waals surface area contributed by atoms with E-state index in [0.717, 1.165) is 23.6 Å². The lowest BCUT2D eigenvalue weighted by Crippen LogP contribution is -2.31. The summed E-state index contributed by atoms with van der Waals surface area (Å²) in [4.78, 5) is 20.9. The third-order valence-corrected chi connectivity index (χ3v) is 4.12. The molecule has 0 aliphatic carbocycles. The average molecular weight is 397 g/mol. The van der Waals surface area contributed by atoms with E-state index in [9.17, 15) is 4.79 Å². The fourth-order valence-electron chi connectivity index (χ4n) is 2.77. The van der Waals surface area contributed by atoms with Crippen molar-refractivity contribution in [2.45, 2.75) is 26.7 Å². The number of guanidine groups is 1. The van der Waals surface area contributed by atoms with Crippen LogP contribution in [0.5, 0.6) is 11.5 Å². The summed E-state index contributed by atoms with van der Waals surface area (Å²) < 4.78 is 11.4. The molecule has 0 fully saturated rings. The lowest BCUT2D eigenvalue weighted by molar-refractivity contribution is -0.116. The van der Waals surface area contributed by atoms with Crippen molar-refractivity contribution in [1.82, 2.24) is 10.3 Å². The molecule has 1 aromatic carbocycles. The molecular formula is C21H27N5O3. The summed E-state index contributed by atoms with van der Waals surface area (Å²) >= 11 is 0. The number of pyridine rings is 1. The lowest BCUT2D eigenvalue weighted by atomic mass is 10.2. The quantitative estimate of drug-likeness (QED) is 0.512. The van der Waals surface area contributed by atoms with Crippen LogP contribution >= 0.6 is 0 Å². The first kappa shape index (κ1) is 20.4. The van der Waals surface area contributed by atoms with Gasteiger partial charge in [-0.05, 0) is 38.1 Å².